The van der Waals surface area contributed by atoms with Crippen LogP contribution in [0, 0.1) is 30.4 Å². The molecule has 0 aliphatic rings. The first-order valence-electron chi connectivity index (χ1n) is 8.52. The smallest absolute Gasteiger partial charge is 0.293 e. The van der Waals surface area contributed by atoms with Crippen LogP contribution in [0.2, 0.25) is 5.02 Å². The number of fused-ring (bicyclic) bond motifs is 3. The Labute approximate surface area is 168 Å². The van der Waals surface area contributed by atoms with Gasteiger partial charge in [0.2, 0.25) is 11.5 Å². The molecule has 29 heavy (non-hydrogen) atoms. The molecular weight excluding hydrogens is 396 g/mol. The minimum absolute atomic E-state index is 0.106. The quantitative estimate of drug-likeness (QED) is 0.324. The van der Waals surface area contributed by atoms with Crippen molar-refractivity contribution in [2.24, 2.45) is 0 Å². The lowest BCUT2D eigenvalue weighted by molar-refractivity contribution is -0.583. The normalized spacial score (nSPS) is 11.4. The predicted octanol–water partition coefficient (Wildman–Crippen LogP) is 3.57. The number of rotatable bonds is 2. The minimum Gasteiger partial charge on any atom is -0.618 e. The molecule has 0 atom stereocenters. The molecule has 9 nitrogen and oxygen atoms in total. The van der Waals surface area contributed by atoms with Crippen LogP contribution < -0.4 is 4.73 Å². The van der Waals surface area contributed by atoms with E-state index in [0.717, 1.165) is 0 Å². The highest BCUT2D eigenvalue weighted by Crippen LogP contribution is 2.30. The fourth-order valence-corrected chi connectivity index (χ4v) is 3.53. The third kappa shape index (κ3) is 2.40. The number of furan rings is 1. The average molecular weight is 407 g/mol. The van der Waals surface area contributed by atoms with Gasteiger partial charge in [0.25, 0.3) is 11.4 Å². The topological polar surface area (TPSA) is 120 Å². The van der Waals surface area contributed by atoms with Crippen LogP contribution in [0.5, 0.6) is 0 Å². The van der Waals surface area contributed by atoms with Crippen molar-refractivity contribution < 1.29 is 13.7 Å². The van der Waals surface area contributed by atoms with E-state index in [-0.39, 0.29) is 27.8 Å². The molecule has 0 saturated carbocycles. The molecule has 5 rings (SSSR count). The van der Waals surface area contributed by atoms with Crippen molar-refractivity contribution in [3.63, 3.8) is 0 Å². The van der Waals surface area contributed by atoms with Gasteiger partial charge in [0.05, 0.1) is 5.02 Å². The summed E-state index contributed by atoms with van der Waals surface area (Å²) in [4.78, 5) is 8.74. The van der Waals surface area contributed by atoms with Gasteiger partial charge in [-0.25, -0.2) is 4.98 Å². The Kier molecular flexibility index (Phi) is 3.59. The molecule has 0 amide bonds. The lowest BCUT2D eigenvalue weighted by Gasteiger charge is -2.10. The maximum Gasteiger partial charge on any atom is 0.293 e. The van der Waals surface area contributed by atoms with Crippen LogP contribution in [0.15, 0.2) is 39.5 Å². The molecule has 4 heterocycles. The van der Waals surface area contributed by atoms with Crippen molar-refractivity contribution in [2.45, 2.75) is 13.8 Å². The standard InChI is InChI=1S/C19H11ClN6O3/c1-9-3-6-14(28-9)19-23-18(24-29-19)15-16-10(2)26(27)17-11(7-21)12(20)4-5-13(17)25(16)8-22-15/h3-6,8H,1-2H3. The first-order chi connectivity index (χ1) is 14.0. The van der Waals surface area contributed by atoms with Crippen LogP contribution in [0.4, 0.5) is 0 Å². The summed E-state index contributed by atoms with van der Waals surface area (Å²) in [5, 5.41) is 26.6. The van der Waals surface area contributed by atoms with Gasteiger partial charge >= 0.3 is 0 Å². The second kappa shape index (κ2) is 6.05. The summed E-state index contributed by atoms with van der Waals surface area (Å²) in [6, 6.07) is 8.76. The highest BCUT2D eigenvalue weighted by molar-refractivity contribution is 6.32. The minimum atomic E-state index is 0.106. The molecule has 0 N–H and O–H groups in total. The number of hydrogen-bond acceptors (Lipinski definition) is 7. The lowest BCUT2D eigenvalue weighted by Crippen LogP contribution is -2.33. The zero-order valence-electron chi connectivity index (χ0n) is 15.2. The van der Waals surface area contributed by atoms with E-state index >= 15 is 0 Å². The number of nitriles is 1. The predicted molar refractivity (Wildman–Crippen MR) is 102 cm³/mol. The zero-order chi connectivity index (χ0) is 20.3. The Morgan fingerprint density at radius 2 is 2.07 bits per heavy atom. The number of benzene rings is 1. The van der Waals surface area contributed by atoms with E-state index in [1.165, 1.54) is 0 Å². The summed E-state index contributed by atoms with van der Waals surface area (Å²) >= 11 is 6.10. The summed E-state index contributed by atoms with van der Waals surface area (Å²) in [5.41, 5.74) is 1.97. The van der Waals surface area contributed by atoms with Gasteiger partial charge in [-0.2, -0.15) is 15.0 Å². The van der Waals surface area contributed by atoms with Crippen molar-refractivity contribution in [1.82, 2.24) is 19.5 Å². The van der Waals surface area contributed by atoms with E-state index in [0.29, 0.717) is 38.7 Å². The molecule has 0 aliphatic carbocycles. The van der Waals surface area contributed by atoms with Crippen molar-refractivity contribution >= 4 is 28.2 Å². The molecule has 0 unspecified atom stereocenters. The van der Waals surface area contributed by atoms with Crippen LogP contribution >= 0.6 is 11.6 Å². The van der Waals surface area contributed by atoms with E-state index in [1.54, 1.807) is 41.9 Å². The van der Waals surface area contributed by atoms with Crippen LogP contribution in [0.25, 0.3) is 39.7 Å². The Hall–Kier alpha value is -3.90. The fourth-order valence-electron chi connectivity index (χ4n) is 3.34. The largest absolute Gasteiger partial charge is 0.618 e. The molecule has 1 aromatic carbocycles. The molecule has 10 heteroatoms. The molecule has 4 aromatic heterocycles. The Bertz CT molecular complexity index is 1470. The number of halogens is 1. The van der Waals surface area contributed by atoms with Crippen molar-refractivity contribution in [1.29, 1.82) is 5.26 Å². The van der Waals surface area contributed by atoms with Gasteiger partial charge in [0, 0.05) is 6.92 Å². The molecule has 5 aromatic rings. The van der Waals surface area contributed by atoms with Crippen LogP contribution in [0.3, 0.4) is 0 Å². The van der Waals surface area contributed by atoms with Gasteiger partial charge in [0.1, 0.15) is 40.4 Å². The maximum atomic E-state index is 13.0. The highest BCUT2D eigenvalue weighted by Gasteiger charge is 2.26. The molecular formula is C19H11ClN6O3. The zero-order valence-corrected chi connectivity index (χ0v) is 15.9. The summed E-state index contributed by atoms with van der Waals surface area (Å²) < 4.78 is 13.2. The van der Waals surface area contributed by atoms with Crippen molar-refractivity contribution in [3.8, 4) is 29.2 Å². The summed E-state index contributed by atoms with van der Waals surface area (Å²) in [5.74, 6) is 1.59. The Morgan fingerprint density at radius 1 is 1.24 bits per heavy atom. The summed E-state index contributed by atoms with van der Waals surface area (Å²) in [6.07, 6.45) is 1.54. The number of aryl methyl sites for hydroxylation is 2. The van der Waals surface area contributed by atoms with E-state index < -0.39 is 0 Å². The van der Waals surface area contributed by atoms with Crippen molar-refractivity contribution in [2.75, 3.05) is 0 Å². The first kappa shape index (κ1) is 17.2. The van der Waals surface area contributed by atoms with Gasteiger partial charge in [0.15, 0.2) is 5.76 Å². The van der Waals surface area contributed by atoms with E-state index in [9.17, 15) is 10.5 Å². The second-order valence-electron chi connectivity index (χ2n) is 6.43. The van der Waals surface area contributed by atoms with E-state index in [1.807, 2.05) is 13.0 Å². The van der Waals surface area contributed by atoms with E-state index in [4.69, 9.17) is 20.5 Å². The number of hydrogen-bond donors (Lipinski definition) is 0. The van der Waals surface area contributed by atoms with Crippen LogP contribution in [0.1, 0.15) is 17.0 Å². The second-order valence-corrected chi connectivity index (χ2v) is 6.83. The van der Waals surface area contributed by atoms with Crippen LogP contribution in [-0.4, -0.2) is 19.5 Å². The summed E-state index contributed by atoms with van der Waals surface area (Å²) in [7, 11) is 0. The monoisotopic (exact) mass is 406 g/mol. The SMILES string of the molecule is Cc1ccc(-c2nc(-c3ncn4c3c(C)[n+]([O-])c3c(C#N)c(Cl)ccc34)no2)o1. The Morgan fingerprint density at radius 3 is 2.79 bits per heavy atom. The number of imidazole rings is 1. The molecule has 0 fully saturated rings. The highest BCUT2D eigenvalue weighted by atomic mass is 35.5. The lowest BCUT2D eigenvalue weighted by atomic mass is 10.1. The molecule has 0 bridgehead atoms. The number of nitrogens with zero attached hydrogens (tertiary/aromatic N) is 6. The molecule has 0 aliphatic heterocycles. The Balaban J connectivity index is 1.78. The van der Waals surface area contributed by atoms with Crippen LogP contribution in [-0.2, 0) is 0 Å². The fraction of sp³-hybridized carbons (Fsp3) is 0.105. The maximum absolute atomic E-state index is 13.0. The molecule has 142 valence electrons. The third-order valence-electron chi connectivity index (χ3n) is 4.68. The van der Waals surface area contributed by atoms with Crippen molar-refractivity contribution in [3.05, 3.63) is 57.8 Å². The third-order valence-corrected chi connectivity index (χ3v) is 5.00. The first-order valence-corrected chi connectivity index (χ1v) is 8.89. The van der Waals surface area contributed by atoms with Gasteiger partial charge in [-0.3, -0.25) is 4.40 Å². The molecule has 0 spiro atoms. The molecule has 0 saturated heterocycles. The van der Waals surface area contributed by atoms with Gasteiger partial charge in [-0.15, -0.1) is 0 Å². The van der Waals surface area contributed by atoms with E-state index in [2.05, 4.69) is 15.1 Å². The average Bonchev–Trinajstić information content (AvgIpc) is 3.44. The van der Waals surface area contributed by atoms with Gasteiger partial charge in [-0.05, 0) is 31.2 Å². The molecule has 0 radical (unpaired) electrons. The number of aromatic nitrogens is 5. The van der Waals surface area contributed by atoms with Gasteiger partial charge in [-0.1, -0.05) is 16.8 Å². The van der Waals surface area contributed by atoms with Gasteiger partial charge < -0.3 is 14.1 Å². The summed E-state index contributed by atoms with van der Waals surface area (Å²) in [6.45, 7) is 3.44.